The summed E-state index contributed by atoms with van der Waals surface area (Å²) in [6.45, 7) is 3.87. The molecule has 0 spiro atoms. The van der Waals surface area contributed by atoms with Gasteiger partial charge in [-0.2, -0.15) is 0 Å². The number of rotatable bonds is 9. The minimum Gasteiger partial charge on any atom is -0.481 e. The predicted molar refractivity (Wildman–Crippen MR) is 68.5 cm³/mol. The van der Waals surface area contributed by atoms with Crippen LogP contribution < -0.4 is 5.73 Å². The highest BCUT2D eigenvalue weighted by molar-refractivity contribution is 7.99. The van der Waals surface area contributed by atoms with Crippen LogP contribution in [0.2, 0.25) is 0 Å². The second-order valence-electron chi connectivity index (χ2n) is 3.64. The minimum atomic E-state index is -0.896. The number of aliphatic carboxylic acids is 1. The van der Waals surface area contributed by atoms with Crippen molar-refractivity contribution in [2.45, 2.75) is 31.5 Å². The smallest absolute Gasteiger partial charge is 0.313 e. The molecule has 18 heavy (non-hydrogen) atoms. The van der Waals surface area contributed by atoms with E-state index in [0.29, 0.717) is 18.3 Å². The van der Waals surface area contributed by atoms with Crippen LogP contribution in [0, 0.1) is 0 Å². The van der Waals surface area contributed by atoms with E-state index in [1.165, 1.54) is 0 Å². The molecule has 0 radical (unpaired) electrons. The summed E-state index contributed by atoms with van der Waals surface area (Å²) in [5, 5.41) is 16.7. The molecule has 0 bridgehead atoms. The molecule has 7 nitrogen and oxygen atoms in total. The summed E-state index contributed by atoms with van der Waals surface area (Å²) >= 11 is 1.10. The first-order valence-electron chi connectivity index (χ1n) is 5.76. The normalized spacial score (nSPS) is 10.7. The van der Waals surface area contributed by atoms with Gasteiger partial charge in [0.2, 0.25) is 5.95 Å². The summed E-state index contributed by atoms with van der Waals surface area (Å²) in [5.41, 5.74) is 5.66. The van der Waals surface area contributed by atoms with Gasteiger partial charge in [-0.15, -0.1) is 10.2 Å². The van der Waals surface area contributed by atoms with Gasteiger partial charge in [-0.05, 0) is 6.42 Å². The topological polar surface area (TPSA) is 103 Å². The number of anilines is 1. The van der Waals surface area contributed by atoms with Crippen LogP contribution in [-0.2, 0) is 16.1 Å². The Kier molecular flexibility index (Phi) is 6.51. The molecule has 0 saturated heterocycles. The molecular formula is C10H18N4O3S. The van der Waals surface area contributed by atoms with Crippen LogP contribution in [-0.4, -0.2) is 44.8 Å². The molecule has 8 heteroatoms. The van der Waals surface area contributed by atoms with E-state index < -0.39 is 5.97 Å². The van der Waals surface area contributed by atoms with E-state index in [1.54, 1.807) is 4.57 Å². The van der Waals surface area contributed by atoms with Gasteiger partial charge in [-0.1, -0.05) is 25.1 Å². The summed E-state index contributed by atoms with van der Waals surface area (Å²) in [5.74, 6) is -0.677. The van der Waals surface area contributed by atoms with E-state index >= 15 is 0 Å². The van der Waals surface area contributed by atoms with Crippen LogP contribution in [0.3, 0.4) is 0 Å². The predicted octanol–water partition coefficient (Wildman–Crippen LogP) is 0.854. The fourth-order valence-corrected chi connectivity index (χ4v) is 1.94. The van der Waals surface area contributed by atoms with Crippen molar-refractivity contribution >= 4 is 23.7 Å². The molecule has 0 saturated carbocycles. The Labute approximate surface area is 110 Å². The monoisotopic (exact) mass is 274 g/mol. The van der Waals surface area contributed by atoms with Crippen molar-refractivity contribution in [1.29, 1.82) is 0 Å². The Hall–Kier alpha value is -1.28. The lowest BCUT2D eigenvalue weighted by Gasteiger charge is -2.07. The SMILES string of the molecule is CCCCOCCn1c(N)nnc1SCC(=O)O. The first-order valence-corrected chi connectivity index (χ1v) is 6.74. The molecular weight excluding hydrogens is 256 g/mol. The van der Waals surface area contributed by atoms with E-state index in [0.717, 1.165) is 31.2 Å². The molecule has 0 atom stereocenters. The van der Waals surface area contributed by atoms with E-state index in [4.69, 9.17) is 15.6 Å². The number of unbranched alkanes of at least 4 members (excludes halogenated alkanes) is 1. The third-order valence-electron chi connectivity index (χ3n) is 2.17. The third-order valence-corrected chi connectivity index (χ3v) is 3.12. The third kappa shape index (κ3) is 4.92. The number of carboxylic acids is 1. The standard InChI is InChI=1S/C10H18N4O3S/c1-2-3-5-17-6-4-14-9(11)12-13-10(14)18-7-8(15)16/h2-7H2,1H3,(H2,11,12)(H,15,16). The maximum atomic E-state index is 10.5. The number of thioether (sulfide) groups is 1. The van der Waals surface area contributed by atoms with Crippen molar-refractivity contribution in [1.82, 2.24) is 14.8 Å². The molecule has 1 rings (SSSR count). The van der Waals surface area contributed by atoms with Crippen molar-refractivity contribution in [3.05, 3.63) is 0 Å². The van der Waals surface area contributed by atoms with Gasteiger partial charge in [0.25, 0.3) is 0 Å². The number of hydrogen-bond acceptors (Lipinski definition) is 6. The maximum Gasteiger partial charge on any atom is 0.313 e. The van der Waals surface area contributed by atoms with Crippen LogP contribution >= 0.6 is 11.8 Å². The molecule has 0 amide bonds. The molecule has 0 unspecified atom stereocenters. The van der Waals surface area contributed by atoms with Crippen molar-refractivity contribution < 1.29 is 14.6 Å². The summed E-state index contributed by atoms with van der Waals surface area (Å²) in [7, 11) is 0. The van der Waals surface area contributed by atoms with Gasteiger partial charge < -0.3 is 15.6 Å². The Morgan fingerprint density at radius 3 is 2.94 bits per heavy atom. The molecule has 3 N–H and O–H groups in total. The van der Waals surface area contributed by atoms with Crippen molar-refractivity contribution in [2.24, 2.45) is 0 Å². The molecule has 0 aliphatic rings. The van der Waals surface area contributed by atoms with Crippen molar-refractivity contribution in [2.75, 3.05) is 24.7 Å². The molecule has 0 aliphatic carbocycles. The number of nitrogens with zero attached hydrogens (tertiary/aromatic N) is 3. The highest BCUT2D eigenvalue weighted by Gasteiger charge is 2.11. The second-order valence-corrected chi connectivity index (χ2v) is 4.58. The zero-order valence-corrected chi connectivity index (χ0v) is 11.2. The largest absolute Gasteiger partial charge is 0.481 e. The number of ether oxygens (including phenoxy) is 1. The van der Waals surface area contributed by atoms with Crippen LogP contribution in [0.1, 0.15) is 19.8 Å². The van der Waals surface area contributed by atoms with Crippen molar-refractivity contribution in [3.8, 4) is 0 Å². The molecule has 1 heterocycles. The molecule has 1 aromatic rings. The number of aromatic nitrogens is 3. The van der Waals surface area contributed by atoms with Crippen LogP contribution in [0.5, 0.6) is 0 Å². The van der Waals surface area contributed by atoms with Gasteiger partial charge in [-0.3, -0.25) is 9.36 Å². The molecule has 1 aromatic heterocycles. The Balaban J connectivity index is 2.42. The molecule has 0 aromatic carbocycles. The number of nitrogen functional groups attached to an aromatic ring is 1. The molecule has 102 valence electrons. The first kappa shape index (κ1) is 14.8. The summed E-state index contributed by atoms with van der Waals surface area (Å²) in [4.78, 5) is 10.5. The number of hydrogen-bond donors (Lipinski definition) is 2. The van der Waals surface area contributed by atoms with Gasteiger partial charge >= 0.3 is 5.97 Å². The lowest BCUT2D eigenvalue weighted by atomic mass is 10.4. The van der Waals surface area contributed by atoms with Gasteiger partial charge in [0, 0.05) is 6.61 Å². The Morgan fingerprint density at radius 2 is 2.28 bits per heavy atom. The van der Waals surface area contributed by atoms with Crippen LogP contribution in [0.4, 0.5) is 5.95 Å². The number of carbonyl (C=O) groups is 1. The van der Waals surface area contributed by atoms with Crippen molar-refractivity contribution in [3.63, 3.8) is 0 Å². The number of carboxylic acid groups (broad SMARTS) is 1. The zero-order valence-electron chi connectivity index (χ0n) is 10.3. The lowest BCUT2D eigenvalue weighted by molar-refractivity contribution is -0.133. The fraction of sp³-hybridized carbons (Fsp3) is 0.700. The summed E-state index contributed by atoms with van der Waals surface area (Å²) in [6, 6.07) is 0. The van der Waals surface area contributed by atoms with Gasteiger partial charge in [0.05, 0.1) is 18.9 Å². The molecule has 0 aliphatic heterocycles. The van der Waals surface area contributed by atoms with Gasteiger partial charge in [0.1, 0.15) is 0 Å². The summed E-state index contributed by atoms with van der Waals surface area (Å²) in [6.07, 6.45) is 2.12. The van der Waals surface area contributed by atoms with Crippen LogP contribution in [0.15, 0.2) is 5.16 Å². The van der Waals surface area contributed by atoms with E-state index in [-0.39, 0.29) is 11.7 Å². The number of nitrogens with two attached hydrogens (primary N) is 1. The quantitative estimate of drug-likeness (QED) is 0.508. The van der Waals surface area contributed by atoms with E-state index in [1.807, 2.05) is 0 Å². The second kappa shape index (κ2) is 7.93. The highest BCUT2D eigenvalue weighted by atomic mass is 32.2. The van der Waals surface area contributed by atoms with E-state index in [2.05, 4.69) is 17.1 Å². The average Bonchev–Trinajstić information content (AvgIpc) is 2.68. The fourth-order valence-electron chi connectivity index (χ4n) is 1.25. The maximum absolute atomic E-state index is 10.5. The lowest BCUT2D eigenvalue weighted by Crippen LogP contribution is -2.11. The summed E-state index contributed by atoms with van der Waals surface area (Å²) < 4.78 is 7.09. The first-order chi connectivity index (χ1) is 8.65. The van der Waals surface area contributed by atoms with Gasteiger partial charge in [-0.25, -0.2) is 0 Å². The highest BCUT2D eigenvalue weighted by Crippen LogP contribution is 2.17. The Bertz CT molecular complexity index is 383. The van der Waals surface area contributed by atoms with Gasteiger partial charge in [0.15, 0.2) is 5.16 Å². The molecule has 0 fully saturated rings. The Morgan fingerprint density at radius 1 is 1.50 bits per heavy atom. The average molecular weight is 274 g/mol. The van der Waals surface area contributed by atoms with E-state index in [9.17, 15) is 4.79 Å². The van der Waals surface area contributed by atoms with Crippen LogP contribution in [0.25, 0.3) is 0 Å². The zero-order chi connectivity index (χ0) is 13.4. The minimum absolute atomic E-state index is 0.0607.